The van der Waals surface area contributed by atoms with E-state index in [0.29, 0.717) is 17.1 Å². The third-order valence-corrected chi connectivity index (χ3v) is 4.33. The van der Waals surface area contributed by atoms with E-state index in [1.165, 1.54) is 0 Å². The van der Waals surface area contributed by atoms with Gasteiger partial charge in [-0.05, 0) is 54.8 Å². The van der Waals surface area contributed by atoms with Gasteiger partial charge in [0.05, 0.1) is 11.0 Å². The van der Waals surface area contributed by atoms with Crippen molar-refractivity contribution in [1.29, 1.82) is 0 Å². The molecule has 1 aliphatic rings. The molecular formula is C18H17F2N5O. The quantitative estimate of drug-likeness (QED) is 0.752. The molecule has 1 atom stereocenters. The highest BCUT2D eigenvalue weighted by molar-refractivity contribution is 5.94. The molecule has 0 radical (unpaired) electrons. The maximum absolute atomic E-state index is 12.6. The van der Waals surface area contributed by atoms with Gasteiger partial charge in [0.2, 0.25) is 5.95 Å². The topological polar surface area (TPSA) is 77.5 Å². The zero-order valence-corrected chi connectivity index (χ0v) is 14.2. The first kappa shape index (κ1) is 16.3. The number of aryl methyl sites for hydroxylation is 2. The van der Waals surface area contributed by atoms with Gasteiger partial charge in [-0.2, -0.15) is 8.78 Å². The fourth-order valence-electron chi connectivity index (χ4n) is 3.35. The summed E-state index contributed by atoms with van der Waals surface area (Å²) in [5.74, 6) is 1.03. The predicted octanol–water partition coefficient (Wildman–Crippen LogP) is 3.54. The summed E-state index contributed by atoms with van der Waals surface area (Å²) >= 11 is 0. The molecule has 4 rings (SSSR count). The van der Waals surface area contributed by atoms with E-state index in [0.717, 1.165) is 16.6 Å². The number of alkyl halides is 2. The van der Waals surface area contributed by atoms with Crippen molar-refractivity contribution in [2.24, 2.45) is 10.7 Å². The number of nitrogens with two attached hydrogens (primary N) is 1. The largest absolute Gasteiger partial charge is 0.434 e. The number of anilines is 1. The molecule has 0 saturated heterocycles. The van der Waals surface area contributed by atoms with Crippen molar-refractivity contribution >= 4 is 22.9 Å². The Morgan fingerprint density at radius 1 is 1.19 bits per heavy atom. The minimum Gasteiger partial charge on any atom is -0.434 e. The van der Waals surface area contributed by atoms with Gasteiger partial charge in [0, 0.05) is 0 Å². The van der Waals surface area contributed by atoms with Crippen molar-refractivity contribution in [3.63, 3.8) is 0 Å². The van der Waals surface area contributed by atoms with E-state index in [2.05, 4.69) is 20.0 Å². The first-order valence-corrected chi connectivity index (χ1v) is 8.07. The number of nitrogens with one attached hydrogen (secondary N) is 1. The van der Waals surface area contributed by atoms with E-state index < -0.39 is 12.8 Å². The maximum atomic E-state index is 12.6. The van der Waals surface area contributed by atoms with Crippen LogP contribution in [0.3, 0.4) is 0 Å². The molecule has 0 bridgehead atoms. The van der Waals surface area contributed by atoms with Gasteiger partial charge in [0.25, 0.3) is 0 Å². The Bertz CT molecular complexity index is 1000. The van der Waals surface area contributed by atoms with Crippen LogP contribution in [0.25, 0.3) is 11.0 Å². The van der Waals surface area contributed by atoms with Gasteiger partial charge >= 0.3 is 6.61 Å². The lowest BCUT2D eigenvalue weighted by Gasteiger charge is -2.25. The van der Waals surface area contributed by atoms with Crippen molar-refractivity contribution in [2.45, 2.75) is 26.6 Å². The molecule has 8 heteroatoms. The number of benzene rings is 2. The third-order valence-electron chi connectivity index (χ3n) is 4.33. The van der Waals surface area contributed by atoms with E-state index in [4.69, 9.17) is 5.73 Å². The molecule has 0 fully saturated rings. The molecule has 0 saturated carbocycles. The number of imidazole rings is 1. The molecule has 0 amide bonds. The van der Waals surface area contributed by atoms with E-state index in [9.17, 15) is 8.78 Å². The molecule has 0 spiro atoms. The van der Waals surface area contributed by atoms with Gasteiger partial charge in [-0.3, -0.25) is 9.88 Å². The lowest BCUT2D eigenvalue weighted by molar-refractivity contribution is -0.0507. The highest BCUT2D eigenvalue weighted by atomic mass is 19.3. The van der Waals surface area contributed by atoms with Crippen molar-refractivity contribution in [1.82, 2.24) is 9.55 Å². The summed E-state index contributed by atoms with van der Waals surface area (Å²) in [6.07, 6.45) is -0.448. The van der Waals surface area contributed by atoms with Gasteiger partial charge in [-0.25, -0.2) is 9.98 Å². The second-order valence-electron chi connectivity index (χ2n) is 6.17. The van der Waals surface area contributed by atoms with E-state index in [-0.39, 0.29) is 11.7 Å². The van der Waals surface area contributed by atoms with Crippen LogP contribution in [0.4, 0.5) is 14.7 Å². The number of hydrogen-bond acceptors (Lipinski definition) is 5. The summed E-state index contributed by atoms with van der Waals surface area (Å²) in [5.41, 5.74) is 9.69. The summed E-state index contributed by atoms with van der Waals surface area (Å²) in [7, 11) is 0. The third kappa shape index (κ3) is 2.63. The van der Waals surface area contributed by atoms with Crippen LogP contribution in [0, 0.1) is 13.8 Å². The highest BCUT2D eigenvalue weighted by Crippen LogP contribution is 2.35. The average Bonchev–Trinajstić information content (AvgIpc) is 2.95. The Kier molecular flexibility index (Phi) is 3.75. The number of fused-ring (bicyclic) bond motifs is 3. The number of aliphatic imine (C=N–C) groups is 1. The monoisotopic (exact) mass is 357 g/mol. The minimum absolute atomic E-state index is 0.186. The van der Waals surface area contributed by atoms with Crippen LogP contribution in [0.15, 0.2) is 41.4 Å². The van der Waals surface area contributed by atoms with Gasteiger partial charge in [-0.15, -0.1) is 0 Å². The van der Waals surface area contributed by atoms with Crippen molar-refractivity contribution in [3.8, 4) is 5.75 Å². The fraction of sp³-hybridized carbons (Fsp3) is 0.222. The second kappa shape index (κ2) is 5.98. The maximum Gasteiger partial charge on any atom is 0.387 e. The Balaban J connectivity index is 1.87. The van der Waals surface area contributed by atoms with Crippen LogP contribution in [-0.4, -0.2) is 22.1 Å². The normalized spacial score (nSPS) is 16.3. The summed E-state index contributed by atoms with van der Waals surface area (Å²) in [5, 5.41) is 2.97. The number of para-hydroxylation sites is 2. The minimum atomic E-state index is -2.87. The van der Waals surface area contributed by atoms with Gasteiger partial charge in [0.15, 0.2) is 12.1 Å². The summed E-state index contributed by atoms with van der Waals surface area (Å²) in [6.45, 7) is 0.597. The predicted molar refractivity (Wildman–Crippen MR) is 95.7 cm³/mol. The lowest BCUT2D eigenvalue weighted by atomic mass is 10.0. The van der Waals surface area contributed by atoms with Crippen molar-refractivity contribution < 1.29 is 13.5 Å². The number of ether oxygens (including phenoxy) is 1. The molecule has 26 heavy (non-hydrogen) atoms. The number of aromatic nitrogens is 2. The van der Waals surface area contributed by atoms with Crippen LogP contribution in [0.5, 0.6) is 5.75 Å². The number of hydrogen-bond donors (Lipinski definition) is 2. The highest BCUT2D eigenvalue weighted by Gasteiger charge is 2.26. The summed E-state index contributed by atoms with van der Waals surface area (Å²) in [4.78, 5) is 9.05. The Morgan fingerprint density at radius 3 is 2.58 bits per heavy atom. The van der Waals surface area contributed by atoms with E-state index in [1.54, 1.807) is 26.0 Å². The summed E-state index contributed by atoms with van der Waals surface area (Å²) in [6, 6.07) is 11.3. The molecule has 134 valence electrons. The first-order valence-electron chi connectivity index (χ1n) is 8.07. The van der Waals surface area contributed by atoms with Crippen molar-refractivity contribution in [3.05, 3.63) is 53.1 Å². The van der Waals surface area contributed by atoms with Gasteiger partial charge in [-0.1, -0.05) is 12.1 Å². The fourth-order valence-corrected chi connectivity index (χ4v) is 3.35. The summed E-state index contributed by atoms with van der Waals surface area (Å²) < 4.78 is 31.8. The molecule has 6 nitrogen and oxygen atoms in total. The number of halogens is 2. The number of nitrogens with zero attached hydrogens (tertiary/aromatic N) is 3. The van der Waals surface area contributed by atoms with Gasteiger partial charge in [0.1, 0.15) is 5.75 Å². The Labute approximate surface area is 148 Å². The molecule has 0 aliphatic carbocycles. The van der Waals surface area contributed by atoms with Gasteiger partial charge < -0.3 is 10.5 Å². The standard InChI is InChI=1S/C18H17F2N5O/c1-9-7-11(8-10(2)14(9)26-16(19)20)15-23-17(21)24-18-22-12-5-3-4-6-13(12)25(15)18/h3-8,15-16H,1-2H3,(H3,21,22,23,24)/t15-/m1/s1. The van der Waals surface area contributed by atoms with E-state index >= 15 is 0 Å². The average molecular weight is 357 g/mol. The van der Waals surface area contributed by atoms with E-state index in [1.807, 2.05) is 28.8 Å². The number of rotatable bonds is 3. The Hall–Kier alpha value is -3.16. The SMILES string of the molecule is Cc1cc([C@@H]2N=C(N)Nc3nc4ccccc4n32)cc(C)c1OC(F)F. The Morgan fingerprint density at radius 2 is 1.88 bits per heavy atom. The second-order valence-corrected chi connectivity index (χ2v) is 6.17. The van der Waals surface area contributed by atoms with Crippen molar-refractivity contribution in [2.75, 3.05) is 5.32 Å². The number of guanidine groups is 1. The van der Waals surface area contributed by atoms with Crippen LogP contribution in [0.1, 0.15) is 22.9 Å². The molecular weight excluding hydrogens is 340 g/mol. The van der Waals surface area contributed by atoms with Crippen LogP contribution in [-0.2, 0) is 0 Å². The smallest absolute Gasteiger partial charge is 0.387 e. The lowest BCUT2D eigenvalue weighted by Crippen LogP contribution is -2.31. The van der Waals surface area contributed by atoms with Crippen LogP contribution >= 0.6 is 0 Å². The van der Waals surface area contributed by atoms with Crippen LogP contribution < -0.4 is 15.8 Å². The molecule has 3 aromatic rings. The molecule has 2 aromatic carbocycles. The molecule has 1 aromatic heterocycles. The zero-order chi connectivity index (χ0) is 18.4. The van der Waals surface area contributed by atoms with Crippen LogP contribution in [0.2, 0.25) is 0 Å². The zero-order valence-electron chi connectivity index (χ0n) is 14.2. The first-order chi connectivity index (χ1) is 12.4. The molecule has 0 unspecified atom stereocenters. The molecule has 3 N–H and O–H groups in total. The molecule has 1 aliphatic heterocycles. The molecule has 2 heterocycles.